The first-order valence-electron chi connectivity index (χ1n) is 10.7. The molecule has 0 spiro atoms. The molecule has 0 saturated carbocycles. The predicted octanol–water partition coefficient (Wildman–Crippen LogP) is 5.76. The number of aliphatic hydroxyl groups is 1. The zero-order valence-electron chi connectivity index (χ0n) is 19.9. The molecule has 0 saturated heterocycles. The van der Waals surface area contributed by atoms with Gasteiger partial charge in [-0.05, 0) is 36.2 Å². The molecular weight excluding hydrogens is 430 g/mol. The molecule has 174 valence electrons. The molecule has 0 amide bonds. The number of methoxy groups -OCH3 is 2. The number of aliphatic hydroxyl groups excluding tert-OH is 1. The lowest BCUT2D eigenvalue weighted by Crippen LogP contribution is -2.03. The van der Waals surface area contributed by atoms with Gasteiger partial charge in [-0.1, -0.05) is 36.4 Å². The summed E-state index contributed by atoms with van der Waals surface area (Å²) in [5.41, 5.74) is 5.59. The summed E-state index contributed by atoms with van der Waals surface area (Å²) in [6.45, 7) is 6.06. The van der Waals surface area contributed by atoms with E-state index in [0.29, 0.717) is 28.0 Å². The highest BCUT2D eigenvalue weighted by Gasteiger charge is 2.15. The zero-order chi connectivity index (χ0) is 24.6. The molecule has 5 aromatic rings. The first kappa shape index (κ1) is 23.1. The van der Waals surface area contributed by atoms with E-state index in [1.54, 1.807) is 26.4 Å². The van der Waals surface area contributed by atoms with Gasteiger partial charge in [0, 0.05) is 48.1 Å². The smallest absolute Gasteiger partial charge is 0.344 e. The molecule has 0 bridgehead atoms. The van der Waals surface area contributed by atoms with Crippen LogP contribution in [0.4, 0.5) is 0 Å². The van der Waals surface area contributed by atoms with Crippen LogP contribution in [0.5, 0.6) is 11.5 Å². The second-order valence-corrected chi connectivity index (χ2v) is 7.99. The molecule has 5 rings (SSSR count). The van der Waals surface area contributed by atoms with E-state index in [9.17, 15) is 4.79 Å². The van der Waals surface area contributed by atoms with E-state index >= 15 is 0 Å². The minimum Gasteiger partial charge on any atom is -0.496 e. The molecule has 2 aromatic heterocycles. The van der Waals surface area contributed by atoms with Crippen molar-refractivity contribution in [1.82, 2.24) is 4.57 Å². The van der Waals surface area contributed by atoms with Crippen molar-refractivity contribution in [3.05, 3.63) is 77.2 Å². The summed E-state index contributed by atoms with van der Waals surface area (Å²) in [5, 5.41) is 10.0. The van der Waals surface area contributed by atoms with Crippen LogP contribution in [-0.4, -0.2) is 31.0 Å². The predicted molar refractivity (Wildman–Crippen MR) is 138 cm³/mol. The molecule has 1 N–H and O–H groups in total. The fourth-order valence-corrected chi connectivity index (χ4v) is 4.29. The Labute approximate surface area is 197 Å². The number of nitrogens with zero attached hydrogens (tertiary/aromatic N) is 1. The molecule has 2 heterocycles. The number of hydrogen-bond acceptors (Lipinski definition) is 5. The lowest BCUT2D eigenvalue weighted by molar-refractivity contribution is 0.396. The van der Waals surface area contributed by atoms with Gasteiger partial charge in [0.15, 0.2) is 0 Å². The third-order valence-corrected chi connectivity index (χ3v) is 6.06. The highest BCUT2D eigenvalue weighted by molar-refractivity contribution is 6.09. The molecule has 0 atom stereocenters. The van der Waals surface area contributed by atoms with Crippen LogP contribution < -0.4 is 15.1 Å². The van der Waals surface area contributed by atoms with E-state index < -0.39 is 5.63 Å². The molecule has 0 fully saturated rings. The van der Waals surface area contributed by atoms with Gasteiger partial charge in [-0.2, -0.15) is 0 Å². The maximum Gasteiger partial charge on any atom is 0.344 e. The second-order valence-electron chi connectivity index (χ2n) is 7.99. The van der Waals surface area contributed by atoms with Gasteiger partial charge in [0.05, 0.1) is 25.2 Å². The van der Waals surface area contributed by atoms with E-state index in [2.05, 4.69) is 35.4 Å². The van der Waals surface area contributed by atoms with Crippen molar-refractivity contribution in [2.75, 3.05) is 21.3 Å². The average molecular weight is 458 g/mol. The van der Waals surface area contributed by atoms with E-state index in [0.717, 1.165) is 40.2 Å². The van der Waals surface area contributed by atoms with Crippen molar-refractivity contribution in [1.29, 1.82) is 0 Å². The summed E-state index contributed by atoms with van der Waals surface area (Å²) in [6.07, 6.45) is 0. The second kappa shape index (κ2) is 9.08. The molecule has 0 aliphatic rings. The van der Waals surface area contributed by atoms with Crippen LogP contribution >= 0.6 is 0 Å². The summed E-state index contributed by atoms with van der Waals surface area (Å²) in [5.74, 6) is 1.15. The maximum atomic E-state index is 12.9. The quantitative estimate of drug-likeness (QED) is 0.347. The van der Waals surface area contributed by atoms with Gasteiger partial charge < -0.3 is 23.6 Å². The normalized spacial score (nSPS) is 10.9. The fourth-order valence-electron chi connectivity index (χ4n) is 4.29. The van der Waals surface area contributed by atoms with E-state index in [1.807, 2.05) is 32.2 Å². The van der Waals surface area contributed by atoms with Crippen molar-refractivity contribution in [2.45, 2.75) is 6.92 Å². The van der Waals surface area contributed by atoms with Gasteiger partial charge in [0.2, 0.25) is 0 Å². The van der Waals surface area contributed by atoms with Crippen LogP contribution in [0.25, 0.3) is 49.5 Å². The van der Waals surface area contributed by atoms with Crippen molar-refractivity contribution in [3.8, 4) is 22.6 Å². The summed E-state index contributed by atoms with van der Waals surface area (Å²) >= 11 is 0. The Morgan fingerprint density at radius 2 is 1.59 bits per heavy atom. The van der Waals surface area contributed by atoms with E-state index in [1.165, 1.54) is 5.39 Å². The van der Waals surface area contributed by atoms with Gasteiger partial charge in [0.25, 0.3) is 0 Å². The maximum absolute atomic E-state index is 12.9. The minimum absolute atomic E-state index is 0.407. The first-order chi connectivity index (χ1) is 16.4. The number of aryl methyl sites for hydroxylation is 1. The van der Waals surface area contributed by atoms with Gasteiger partial charge in [0.1, 0.15) is 17.1 Å². The molecule has 6 heteroatoms. The van der Waals surface area contributed by atoms with Crippen LogP contribution in [-0.2, 0) is 7.05 Å². The Kier molecular flexibility index (Phi) is 6.18. The molecule has 0 radical (unpaired) electrons. The van der Waals surface area contributed by atoms with Crippen molar-refractivity contribution in [3.63, 3.8) is 0 Å². The summed E-state index contributed by atoms with van der Waals surface area (Å²) in [4.78, 5) is 12.9. The summed E-state index contributed by atoms with van der Waals surface area (Å²) in [6, 6.07) is 17.7. The summed E-state index contributed by atoms with van der Waals surface area (Å²) < 4.78 is 18.6. The SMILES string of the molecule is C=C(C)c1ccc2c3ccc(-c4cc5c(OC)cc(OC)cc5oc4=O)cc3n(C)c2c1.CO. The highest BCUT2D eigenvalue weighted by atomic mass is 16.5. The number of ether oxygens (including phenoxy) is 2. The standard InChI is InChI=1S/C27H23NO4.CH4O/c1-15(2)16-6-8-19-20-9-7-17(11-24(20)28(3)23(19)10-16)21-14-22-25(31-5)12-18(30-4)13-26(22)32-27(21)29;1-2/h6-14H,1H2,2-5H3;2H,1H3. The lowest BCUT2D eigenvalue weighted by atomic mass is 10.0. The van der Waals surface area contributed by atoms with Crippen molar-refractivity contribution >= 4 is 38.3 Å². The van der Waals surface area contributed by atoms with Gasteiger partial charge in [-0.15, -0.1) is 0 Å². The Bertz CT molecular complexity index is 1610. The van der Waals surface area contributed by atoms with Gasteiger partial charge >= 0.3 is 5.63 Å². The topological polar surface area (TPSA) is 73.8 Å². The zero-order valence-corrected chi connectivity index (χ0v) is 19.9. The first-order valence-corrected chi connectivity index (χ1v) is 10.7. The third-order valence-electron chi connectivity index (χ3n) is 6.06. The molecule has 34 heavy (non-hydrogen) atoms. The summed E-state index contributed by atoms with van der Waals surface area (Å²) in [7, 11) is 6.18. The number of rotatable bonds is 4. The number of hydrogen-bond donors (Lipinski definition) is 1. The Hall–Kier alpha value is -4.03. The number of benzene rings is 3. The van der Waals surface area contributed by atoms with Gasteiger partial charge in [-0.3, -0.25) is 0 Å². The van der Waals surface area contributed by atoms with Crippen molar-refractivity contribution in [2.24, 2.45) is 7.05 Å². The number of allylic oxidation sites excluding steroid dienone is 1. The van der Waals surface area contributed by atoms with Crippen LogP contribution in [0.2, 0.25) is 0 Å². The average Bonchev–Trinajstić information content (AvgIpc) is 3.14. The van der Waals surface area contributed by atoms with E-state index in [4.69, 9.17) is 19.0 Å². The monoisotopic (exact) mass is 457 g/mol. The molecule has 0 unspecified atom stereocenters. The molecule has 0 aliphatic carbocycles. The number of fused-ring (bicyclic) bond motifs is 4. The highest BCUT2D eigenvalue weighted by Crippen LogP contribution is 2.35. The molecule has 3 aromatic carbocycles. The number of aromatic nitrogens is 1. The largest absolute Gasteiger partial charge is 0.496 e. The fraction of sp³-hybridized carbons (Fsp3) is 0.179. The minimum atomic E-state index is -0.407. The lowest BCUT2D eigenvalue weighted by Gasteiger charge is -2.09. The van der Waals surface area contributed by atoms with Crippen molar-refractivity contribution < 1.29 is 19.0 Å². The Morgan fingerprint density at radius 1 is 0.912 bits per heavy atom. The van der Waals surface area contributed by atoms with Crippen LogP contribution in [0.3, 0.4) is 0 Å². The Morgan fingerprint density at radius 3 is 2.24 bits per heavy atom. The molecule has 6 nitrogen and oxygen atoms in total. The molecular formula is C28H27NO5. The van der Waals surface area contributed by atoms with Crippen LogP contribution in [0, 0.1) is 0 Å². The van der Waals surface area contributed by atoms with Gasteiger partial charge in [-0.25, -0.2) is 4.79 Å². The van der Waals surface area contributed by atoms with Crippen LogP contribution in [0.15, 0.2) is 70.4 Å². The van der Waals surface area contributed by atoms with Crippen LogP contribution in [0.1, 0.15) is 12.5 Å². The third kappa shape index (κ3) is 3.72. The molecule has 0 aliphatic heterocycles. The van der Waals surface area contributed by atoms with E-state index in [-0.39, 0.29) is 0 Å². The Balaban J connectivity index is 0.00000133.